The highest BCUT2D eigenvalue weighted by molar-refractivity contribution is 8.00. The zero-order chi connectivity index (χ0) is 14.7. The quantitative estimate of drug-likeness (QED) is 0.673. The van der Waals surface area contributed by atoms with Gasteiger partial charge in [-0.05, 0) is 25.1 Å². The molecule has 0 aliphatic heterocycles. The van der Waals surface area contributed by atoms with E-state index in [-0.39, 0.29) is 11.2 Å². The van der Waals surface area contributed by atoms with Crippen LogP contribution in [0.2, 0.25) is 5.02 Å². The molecule has 7 heteroatoms. The van der Waals surface area contributed by atoms with E-state index in [2.05, 4.69) is 10.3 Å². The van der Waals surface area contributed by atoms with Gasteiger partial charge in [0.05, 0.1) is 16.0 Å². The van der Waals surface area contributed by atoms with Gasteiger partial charge in [0, 0.05) is 25.1 Å². The molecule has 2 aromatic rings. The molecular formula is C13H15ClN4OS. The maximum absolute atomic E-state index is 12.1. The first-order valence-corrected chi connectivity index (χ1v) is 7.23. The number of aromatic nitrogens is 2. The number of hydrogen-bond acceptors (Lipinski definition) is 4. The van der Waals surface area contributed by atoms with Crippen LogP contribution in [0, 0.1) is 0 Å². The van der Waals surface area contributed by atoms with Gasteiger partial charge in [-0.25, -0.2) is 4.98 Å². The number of nitrogen functional groups attached to an aromatic ring is 1. The van der Waals surface area contributed by atoms with Gasteiger partial charge in [-0.3, -0.25) is 4.79 Å². The highest BCUT2D eigenvalue weighted by atomic mass is 35.5. The predicted molar refractivity (Wildman–Crippen MR) is 83.0 cm³/mol. The molecule has 0 bridgehead atoms. The molecule has 20 heavy (non-hydrogen) atoms. The number of hydrogen-bond donors (Lipinski definition) is 2. The fraction of sp³-hybridized carbons (Fsp3) is 0.231. The molecule has 0 aliphatic rings. The van der Waals surface area contributed by atoms with E-state index >= 15 is 0 Å². The highest BCUT2D eigenvalue weighted by Gasteiger charge is 2.16. The second-order valence-electron chi connectivity index (χ2n) is 4.31. The van der Waals surface area contributed by atoms with E-state index in [1.54, 1.807) is 24.4 Å². The molecule has 3 N–H and O–H groups in total. The van der Waals surface area contributed by atoms with Crippen molar-refractivity contribution in [3.63, 3.8) is 0 Å². The average Bonchev–Trinajstić information content (AvgIpc) is 2.79. The van der Waals surface area contributed by atoms with Crippen molar-refractivity contribution in [2.24, 2.45) is 7.05 Å². The predicted octanol–water partition coefficient (Wildman–Crippen LogP) is 2.78. The van der Waals surface area contributed by atoms with E-state index in [9.17, 15) is 4.79 Å². The third kappa shape index (κ3) is 3.46. The van der Waals surface area contributed by atoms with Crippen molar-refractivity contribution >= 4 is 40.6 Å². The molecule has 0 aliphatic carbocycles. The monoisotopic (exact) mass is 310 g/mol. The highest BCUT2D eigenvalue weighted by Crippen LogP contribution is 2.25. The molecule has 2 rings (SSSR count). The van der Waals surface area contributed by atoms with E-state index < -0.39 is 0 Å². The van der Waals surface area contributed by atoms with Crippen LogP contribution < -0.4 is 11.1 Å². The Balaban J connectivity index is 2.00. The van der Waals surface area contributed by atoms with Gasteiger partial charge in [0.25, 0.3) is 0 Å². The molecule has 0 saturated heterocycles. The first kappa shape index (κ1) is 14.7. The van der Waals surface area contributed by atoms with Crippen LogP contribution in [-0.4, -0.2) is 20.7 Å². The molecule has 0 radical (unpaired) electrons. The van der Waals surface area contributed by atoms with E-state index in [1.807, 2.05) is 24.7 Å². The summed E-state index contributed by atoms with van der Waals surface area (Å²) in [5.74, 6) is -0.111. The van der Waals surface area contributed by atoms with E-state index in [0.717, 1.165) is 5.16 Å². The van der Waals surface area contributed by atoms with Crippen LogP contribution in [0.3, 0.4) is 0 Å². The van der Waals surface area contributed by atoms with E-state index in [0.29, 0.717) is 16.4 Å². The Kier molecular flexibility index (Phi) is 4.57. The van der Waals surface area contributed by atoms with Crippen LogP contribution in [0.25, 0.3) is 0 Å². The van der Waals surface area contributed by atoms with Crippen LogP contribution in [0.4, 0.5) is 11.4 Å². The number of amides is 1. The normalized spacial score (nSPS) is 12.2. The van der Waals surface area contributed by atoms with Gasteiger partial charge < -0.3 is 15.6 Å². The lowest BCUT2D eigenvalue weighted by molar-refractivity contribution is -0.115. The van der Waals surface area contributed by atoms with Crippen molar-refractivity contribution in [3.05, 3.63) is 35.6 Å². The van der Waals surface area contributed by atoms with Crippen molar-refractivity contribution < 1.29 is 4.79 Å². The van der Waals surface area contributed by atoms with Gasteiger partial charge in [0.2, 0.25) is 5.91 Å². The average molecular weight is 311 g/mol. The maximum atomic E-state index is 12.1. The molecule has 1 unspecified atom stereocenters. The number of rotatable bonds is 4. The molecule has 1 atom stereocenters. The lowest BCUT2D eigenvalue weighted by atomic mass is 10.2. The summed E-state index contributed by atoms with van der Waals surface area (Å²) in [6.45, 7) is 1.83. The summed E-state index contributed by atoms with van der Waals surface area (Å²) in [5.41, 5.74) is 6.77. The fourth-order valence-electron chi connectivity index (χ4n) is 1.54. The molecule has 5 nitrogen and oxygen atoms in total. The number of benzene rings is 1. The topological polar surface area (TPSA) is 72.9 Å². The molecule has 1 aromatic carbocycles. The second-order valence-corrected chi connectivity index (χ2v) is 6.02. The Morgan fingerprint density at radius 3 is 2.90 bits per heavy atom. The minimum Gasteiger partial charge on any atom is -0.397 e. The Hall–Kier alpha value is -1.66. The number of halogens is 1. The number of thioether (sulfide) groups is 1. The van der Waals surface area contributed by atoms with Gasteiger partial charge in [0.1, 0.15) is 0 Å². The zero-order valence-electron chi connectivity index (χ0n) is 11.1. The van der Waals surface area contributed by atoms with Gasteiger partial charge in [-0.15, -0.1) is 0 Å². The molecule has 106 valence electrons. The fourth-order valence-corrected chi connectivity index (χ4v) is 2.49. The van der Waals surface area contributed by atoms with Crippen LogP contribution in [-0.2, 0) is 11.8 Å². The lowest BCUT2D eigenvalue weighted by Crippen LogP contribution is -2.22. The smallest absolute Gasteiger partial charge is 0.237 e. The number of carbonyl (C=O) groups is 1. The zero-order valence-corrected chi connectivity index (χ0v) is 12.7. The minimum absolute atomic E-state index is 0.111. The Morgan fingerprint density at radius 2 is 2.30 bits per heavy atom. The third-order valence-electron chi connectivity index (χ3n) is 2.69. The van der Waals surface area contributed by atoms with E-state index in [1.165, 1.54) is 11.8 Å². The van der Waals surface area contributed by atoms with Crippen molar-refractivity contribution in [2.45, 2.75) is 17.3 Å². The van der Waals surface area contributed by atoms with Crippen molar-refractivity contribution in [2.75, 3.05) is 11.1 Å². The standard InChI is InChI=1S/C13H15ClN4OS/c1-8(20-13-16-5-6-18(13)2)12(19)17-9-3-4-10(14)11(15)7-9/h3-8H,15H2,1-2H3,(H,17,19). The van der Waals surface area contributed by atoms with Crippen LogP contribution >= 0.6 is 23.4 Å². The number of nitrogens with zero attached hydrogens (tertiary/aromatic N) is 2. The summed E-state index contributed by atoms with van der Waals surface area (Å²) in [6, 6.07) is 5.01. The maximum Gasteiger partial charge on any atom is 0.237 e. The van der Waals surface area contributed by atoms with Crippen molar-refractivity contribution in [1.29, 1.82) is 0 Å². The summed E-state index contributed by atoms with van der Waals surface area (Å²) < 4.78 is 1.87. The van der Waals surface area contributed by atoms with E-state index in [4.69, 9.17) is 17.3 Å². The molecular weight excluding hydrogens is 296 g/mol. The summed E-state index contributed by atoms with van der Waals surface area (Å²) in [7, 11) is 1.89. The SMILES string of the molecule is CC(Sc1nccn1C)C(=O)Nc1ccc(Cl)c(N)c1. The first-order valence-electron chi connectivity index (χ1n) is 5.97. The van der Waals surface area contributed by atoms with Crippen LogP contribution in [0.15, 0.2) is 35.7 Å². The lowest BCUT2D eigenvalue weighted by Gasteiger charge is -2.12. The Morgan fingerprint density at radius 1 is 1.55 bits per heavy atom. The summed E-state index contributed by atoms with van der Waals surface area (Å²) in [5, 5.41) is 3.80. The molecule has 0 spiro atoms. The van der Waals surface area contributed by atoms with Gasteiger partial charge in [0.15, 0.2) is 5.16 Å². The minimum atomic E-state index is -0.270. The number of imidazole rings is 1. The molecule has 1 aromatic heterocycles. The molecule has 1 heterocycles. The van der Waals surface area contributed by atoms with Crippen molar-refractivity contribution in [1.82, 2.24) is 9.55 Å². The van der Waals surface area contributed by atoms with Gasteiger partial charge >= 0.3 is 0 Å². The summed E-state index contributed by atoms with van der Waals surface area (Å²) in [4.78, 5) is 16.3. The van der Waals surface area contributed by atoms with Gasteiger partial charge in [-0.2, -0.15) is 0 Å². The number of anilines is 2. The van der Waals surface area contributed by atoms with Crippen molar-refractivity contribution in [3.8, 4) is 0 Å². The number of aryl methyl sites for hydroxylation is 1. The number of nitrogens with one attached hydrogen (secondary N) is 1. The second kappa shape index (κ2) is 6.19. The molecule has 1 amide bonds. The molecule has 0 fully saturated rings. The number of nitrogens with two attached hydrogens (primary N) is 1. The van der Waals surface area contributed by atoms with Crippen LogP contribution in [0.5, 0.6) is 0 Å². The largest absolute Gasteiger partial charge is 0.397 e. The first-order chi connectivity index (χ1) is 9.47. The third-order valence-corrected chi connectivity index (χ3v) is 4.21. The van der Waals surface area contributed by atoms with Gasteiger partial charge in [-0.1, -0.05) is 23.4 Å². The molecule has 0 saturated carbocycles. The number of carbonyl (C=O) groups excluding carboxylic acids is 1. The Bertz CT molecular complexity index is 629. The summed E-state index contributed by atoms with van der Waals surface area (Å²) in [6.07, 6.45) is 3.54. The Labute approximate surface area is 126 Å². The van der Waals surface area contributed by atoms with Crippen LogP contribution in [0.1, 0.15) is 6.92 Å². The summed E-state index contributed by atoms with van der Waals surface area (Å²) >= 11 is 7.23.